The van der Waals surface area contributed by atoms with Crippen LogP contribution in [0.2, 0.25) is 0 Å². The van der Waals surface area contributed by atoms with Crippen molar-refractivity contribution in [2.45, 2.75) is 45.4 Å². The monoisotopic (exact) mass is 324 g/mol. The lowest BCUT2D eigenvalue weighted by atomic mass is 9.56. The van der Waals surface area contributed by atoms with Gasteiger partial charge in [0.15, 0.2) is 0 Å². The second-order valence-electron chi connectivity index (χ2n) is 8.45. The zero-order chi connectivity index (χ0) is 16.6. The van der Waals surface area contributed by atoms with E-state index in [2.05, 4.69) is 55.5 Å². The van der Waals surface area contributed by atoms with E-state index in [1.807, 2.05) is 0 Å². The van der Waals surface area contributed by atoms with E-state index in [4.69, 9.17) is 0 Å². The van der Waals surface area contributed by atoms with Gasteiger partial charge in [-0.2, -0.15) is 0 Å². The summed E-state index contributed by atoms with van der Waals surface area (Å²) in [5, 5.41) is 9.98. The maximum absolute atomic E-state index is 9.98. The first kappa shape index (κ1) is 16.4. The largest absolute Gasteiger partial charge is 0.396 e. The maximum atomic E-state index is 9.98. The molecule has 0 amide bonds. The zero-order valence-corrected chi connectivity index (χ0v) is 15.0. The van der Waals surface area contributed by atoms with Crippen LogP contribution in [0.1, 0.15) is 45.4 Å². The van der Waals surface area contributed by atoms with Crippen molar-refractivity contribution in [2.24, 2.45) is 40.9 Å². The minimum Gasteiger partial charge on any atom is -0.396 e. The molecule has 24 heavy (non-hydrogen) atoms. The third kappa shape index (κ3) is 2.47. The molecule has 4 rings (SSSR count). The topological polar surface area (TPSA) is 20.2 Å². The van der Waals surface area contributed by atoms with E-state index in [0.29, 0.717) is 23.9 Å². The van der Waals surface area contributed by atoms with Crippen LogP contribution in [0.5, 0.6) is 0 Å². The van der Waals surface area contributed by atoms with Crippen LogP contribution in [-0.4, -0.2) is 11.7 Å². The predicted octanol–water partition coefficient (Wildman–Crippen LogP) is 5.30. The highest BCUT2D eigenvalue weighted by atomic mass is 16.3. The quantitative estimate of drug-likeness (QED) is 0.727. The molecule has 1 heteroatoms. The molecule has 6 atom stereocenters. The highest BCUT2D eigenvalue weighted by Gasteiger charge is 2.54. The molecule has 0 spiro atoms. The van der Waals surface area contributed by atoms with Crippen molar-refractivity contribution < 1.29 is 5.11 Å². The molecule has 1 nitrogen and oxygen atoms in total. The lowest BCUT2D eigenvalue weighted by Crippen LogP contribution is -2.42. The molecule has 0 aromatic heterocycles. The number of aliphatic hydroxyl groups is 1. The number of allylic oxidation sites excluding steroid dienone is 8. The summed E-state index contributed by atoms with van der Waals surface area (Å²) in [6.07, 6.45) is 26.4. The van der Waals surface area contributed by atoms with Crippen LogP contribution in [-0.2, 0) is 0 Å². The number of fused-ring (bicyclic) bond motifs is 2. The van der Waals surface area contributed by atoms with Gasteiger partial charge in [-0.15, -0.1) is 0 Å². The van der Waals surface area contributed by atoms with Gasteiger partial charge in [0.1, 0.15) is 0 Å². The Balaban J connectivity index is 1.68. The summed E-state index contributed by atoms with van der Waals surface area (Å²) >= 11 is 0. The van der Waals surface area contributed by atoms with Gasteiger partial charge in [0, 0.05) is 6.61 Å². The van der Waals surface area contributed by atoms with Crippen LogP contribution in [0.25, 0.3) is 0 Å². The smallest absolute Gasteiger partial charge is 0.0436 e. The Labute approximate surface area is 147 Å². The van der Waals surface area contributed by atoms with Gasteiger partial charge in [0.25, 0.3) is 0 Å². The zero-order valence-electron chi connectivity index (χ0n) is 15.0. The summed E-state index contributed by atoms with van der Waals surface area (Å²) in [7, 11) is 0. The van der Waals surface area contributed by atoms with Gasteiger partial charge in [0.05, 0.1) is 0 Å². The SMILES string of the molecule is CCC(CCO)(C1CCC2C=CC=CC21)C1CCC2C=CC=CC21. The first-order valence-electron chi connectivity index (χ1n) is 10.1. The summed E-state index contributed by atoms with van der Waals surface area (Å²) in [4.78, 5) is 0. The van der Waals surface area contributed by atoms with Crippen LogP contribution >= 0.6 is 0 Å². The minimum atomic E-state index is 0.304. The van der Waals surface area contributed by atoms with Gasteiger partial charge >= 0.3 is 0 Å². The first-order valence-corrected chi connectivity index (χ1v) is 10.1. The van der Waals surface area contributed by atoms with Crippen LogP contribution < -0.4 is 0 Å². The maximum Gasteiger partial charge on any atom is 0.0436 e. The number of hydrogen-bond donors (Lipinski definition) is 1. The minimum absolute atomic E-state index is 0.304. The van der Waals surface area contributed by atoms with Gasteiger partial charge < -0.3 is 5.11 Å². The third-order valence-electron chi connectivity index (χ3n) is 7.86. The number of hydrogen-bond acceptors (Lipinski definition) is 1. The van der Waals surface area contributed by atoms with Crippen molar-refractivity contribution in [1.29, 1.82) is 0 Å². The summed E-state index contributed by atoms with van der Waals surface area (Å²) in [5.41, 5.74) is 0.304. The van der Waals surface area contributed by atoms with Gasteiger partial charge in [-0.3, -0.25) is 0 Å². The summed E-state index contributed by atoms with van der Waals surface area (Å²) in [6.45, 7) is 2.73. The van der Waals surface area contributed by atoms with Crippen molar-refractivity contribution in [3.63, 3.8) is 0 Å². The van der Waals surface area contributed by atoms with Crippen LogP contribution in [0.3, 0.4) is 0 Å². The van der Waals surface area contributed by atoms with Gasteiger partial charge in [0.2, 0.25) is 0 Å². The normalized spacial score (nSPS) is 42.1. The molecule has 0 heterocycles. The van der Waals surface area contributed by atoms with Gasteiger partial charge in [-0.1, -0.05) is 55.5 Å². The molecule has 130 valence electrons. The molecule has 0 bridgehead atoms. The van der Waals surface area contributed by atoms with E-state index in [0.717, 1.165) is 30.1 Å². The average molecular weight is 325 g/mol. The average Bonchev–Trinajstić information content (AvgIpc) is 3.25. The van der Waals surface area contributed by atoms with Crippen molar-refractivity contribution >= 4 is 0 Å². The van der Waals surface area contributed by atoms with Gasteiger partial charge in [-0.25, -0.2) is 0 Å². The Hall–Kier alpha value is -1.08. The Morgan fingerprint density at radius 1 is 0.792 bits per heavy atom. The molecule has 2 fully saturated rings. The molecule has 0 aromatic carbocycles. The van der Waals surface area contributed by atoms with E-state index < -0.39 is 0 Å². The molecule has 1 N–H and O–H groups in total. The highest BCUT2D eigenvalue weighted by Crippen LogP contribution is 2.61. The van der Waals surface area contributed by atoms with Crippen molar-refractivity contribution in [1.82, 2.24) is 0 Å². The van der Waals surface area contributed by atoms with E-state index >= 15 is 0 Å². The molecular weight excluding hydrogens is 292 g/mol. The standard InChI is InChI=1S/C23H32O/c1-2-23(15-16-24,21-13-11-17-7-3-5-9-19(17)21)22-14-12-18-8-4-6-10-20(18)22/h3-10,17-22,24H,2,11-16H2,1H3. The molecule has 2 saturated carbocycles. The van der Waals surface area contributed by atoms with E-state index in [-0.39, 0.29) is 0 Å². The van der Waals surface area contributed by atoms with Crippen molar-refractivity contribution in [3.8, 4) is 0 Å². The van der Waals surface area contributed by atoms with Crippen molar-refractivity contribution in [3.05, 3.63) is 48.6 Å². The number of rotatable bonds is 5. The van der Waals surface area contributed by atoms with Crippen LogP contribution in [0, 0.1) is 40.9 Å². The highest BCUT2D eigenvalue weighted by molar-refractivity contribution is 5.22. The Bertz CT molecular complexity index is 523. The molecule has 0 aliphatic heterocycles. The van der Waals surface area contributed by atoms with E-state index in [1.165, 1.54) is 32.1 Å². The summed E-state index contributed by atoms with van der Waals surface area (Å²) in [5.74, 6) is 4.35. The molecular formula is C23H32O. The molecule has 4 aliphatic carbocycles. The van der Waals surface area contributed by atoms with Crippen molar-refractivity contribution in [2.75, 3.05) is 6.61 Å². The van der Waals surface area contributed by atoms with Crippen LogP contribution in [0.4, 0.5) is 0 Å². The fourth-order valence-corrected chi connectivity index (χ4v) is 6.81. The second kappa shape index (κ2) is 6.67. The van der Waals surface area contributed by atoms with E-state index in [1.54, 1.807) is 0 Å². The molecule has 0 radical (unpaired) electrons. The predicted molar refractivity (Wildman–Crippen MR) is 100 cm³/mol. The molecule has 6 unspecified atom stereocenters. The fraction of sp³-hybridized carbons (Fsp3) is 0.652. The Morgan fingerprint density at radius 2 is 1.29 bits per heavy atom. The second-order valence-corrected chi connectivity index (χ2v) is 8.45. The lowest BCUT2D eigenvalue weighted by molar-refractivity contribution is 0.00509. The molecule has 4 aliphatic rings. The Morgan fingerprint density at radius 3 is 1.75 bits per heavy atom. The Kier molecular flexibility index (Phi) is 4.56. The third-order valence-corrected chi connectivity index (χ3v) is 7.86. The molecule has 0 saturated heterocycles. The summed E-state index contributed by atoms with van der Waals surface area (Å²) < 4.78 is 0. The van der Waals surface area contributed by atoms with E-state index in [9.17, 15) is 5.11 Å². The summed E-state index contributed by atoms with van der Waals surface area (Å²) in [6, 6.07) is 0. The fourth-order valence-electron chi connectivity index (χ4n) is 6.81. The van der Waals surface area contributed by atoms with Gasteiger partial charge in [-0.05, 0) is 79.4 Å². The molecule has 0 aromatic rings. The van der Waals surface area contributed by atoms with Crippen LogP contribution in [0.15, 0.2) is 48.6 Å². The number of aliphatic hydroxyl groups excluding tert-OH is 1. The first-order chi connectivity index (χ1) is 11.8. The lowest BCUT2D eigenvalue weighted by Gasteiger charge is -2.48.